The molecule has 0 radical (unpaired) electrons. The van der Waals surface area contributed by atoms with E-state index in [9.17, 15) is 14.4 Å². The van der Waals surface area contributed by atoms with Crippen molar-refractivity contribution >= 4 is 17.8 Å². The zero-order valence-electron chi connectivity index (χ0n) is 17.6. The van der Waals surface area contributed by atoms with Gasteiger partial charge in [-0.15, -0.1) is 0 Å². The predicted octanol–water partition coefficient (Wildman–Crippen LogP) is 3.01. The molecule has 2 aliphatic rings. The standard InChI is InChI=1S/C24H27N3O3/c1-15-9-12-20(13-16(15)2)24(19-7-5-4-6-8-19)22(29)27(23(30)26-24)14-21(28)25-17(3)18-10-11-18/h4-9,12-13,17-18H,10-11,14H2,1-3H3,(H,25,28)(H,26,30)/t17-,24-/m1/s1. The fraction of sp³-hybridized carbons (Fsp3) is 0.375. The first kappa shape index (κ1) is 20.1. The third-order valence-electron chi connectivity index (χ3n) is 6.27. The normalized spacial score (nSPS) is 22.0. The highest BCUT2D eigenvalue weighted by atomic mass is 16.2. The van der Waals surface area contributed by atoms with Gasteiger partial charge < -0.3 is 10.6 Å². The largest absolute Gasteiger partial charge is 0.352 e. The van der Waals surface area contributed by atoms with Gasteiger partial charge in [0.25, 0.3) is 5.91 Å². The Balaban J connectivity index is 1.68. The predicted molar refractivity (Wildman–Crippen MR) is 114 cm³/mol. The first-order chi connectivity index (χ1) is 14.3. The summed E-state index contributed by atoms with van der Waals surface area (Å²) in [5, 5.41) is 5.82. The summed E-state index contributed by atoms with van der Waals surface area (Å²) in [6, 6.07) is 14.4. The first-order valence-corrected chi connectivity index (χ1v) is 10.4. The SMILES string of the molecule is Cc1ccc([C@@]2(c3ccccc3)NC(=O)N(CC(=O)N[C@H](C)C3CC3)C2=O)cc1C. The number of benzene rings is 2. The molecule has 0 unspecified atom stereocenters. The molecule has 1 heterocycles. The zero-order chi connectivity index (χ0) is 21.5. The summed E-state index contributed by atoms with van der Waals surface area (Å²) in [4.78, 5) is 40.1. The molecule has 4 amide bonds. The highest BCUT2D eigenvalue weighted by molar-refractivity contribution is 6.11. The van der Waals surface area contributed by atoms with E-state index in [1.54, 1.807) is 0 Å². The second-order valence-electron chi connectivity index (χ2n) is 8.43. The van der Waals surface area contributed by atoms with Crippen LogP contribution in [-0.2, 0) is 15.1 Å². The summed E-state index contributed by atoms with van der Waals surface area (Å²) in [7, 11) is 0. The second-order valence-corrected chi connectivity index (χ2v) is 8.43. The van der Waals surface area contributed by atoms with E-state index in [-0.39, 0.29) is 18.5 Å². The minimum Gasteiger partial charge on any atom is -0.352 e. The molecule has 6 heteroatoms. The Bertz CT molecular complexity index is 1000. The number of carbonyl (C=O) groups excluding carboxylic acids is 3. The quantitative estimate of drug-likeness (QED) is 0.725. The molecule has 2 atom stereocenters. The Morgan fingerprint density at radius 2 is 1.80 bits per heavy atom. The Hall–Kier alpha value is -3.15. The van der Waals surface area contributed by atoms with Crippen molar-refractivity contribution in [3.05, 3.63) is 70.8 Å². The van der Waals surface area contributed by atoms with Gasteiger partial charge in [0.05, 0.1) is 0 Å². The van der Waals surface area contributed by atoms with E-state index >= 15 is 0 Å². The minimum absolute atomic E-state index is 0.0527. The van der Waals surface area contributed by atoms with Crippen molar-refractivity contribution in [2.24, 2.45) is 5.92 Å². The number of nitrogens with zero attached hydrogens (tertiary/aromatic N) is 1. The van der Waals surface area contributed by atoms with Crippen LogP contribution in [0, 0.1) is 19.8 Å². The molecule has 4 rings (SSSR count). The van der Waals surface area contributed by atoms with E-state index in [0.29, 0.717) is 17.0 Å². The van der Waals surface area contributed by atoms with Crippen LogP contribution in [0.5, 0.6) is 0 Å². The summed E-state index contributed by atoms with van der Waals surface area (Å²) in [5.41, 5.74) is 2.13. The van der Waals surface area contributed by atoms with E-state index in [0.717, 1.165) is 28.9 Å². The first-order valence-electron chi connectivity index (χ1n) is 10.4. The molecule has 1 saturated carbocycles. The van der Waals surface area contributed by atoms with Crippen LogP contribution in [0.25, 0.3) is 0 Å². The van der Waals surface area contributed by atoms with Crippen molar-refractivity contribution in [2.45, 2.75) is 45.2 Å². The van der Waals surface area contributed by atoms with E-state index in [1.807, 2.05) is 69.3 Å². The molecule has 0 bridgehead atoms. The van der Waals surface area contributed by atoms with Gasteiger partial charge in [-0.25, -0.2) is 4.79 Å². The lowest BCUT2D eigenvalue weighted by Gasteiger charge is -2.28. The smallest absolute Gasteiger partial charge is 0.326 e. The minimum atomic E-state index is -1.35. The zero-order valence-corrected chi connectivity index (χ0v) is 17.6. The average molecular weight is 405 g/mol. The molecule has 2 N–H and O–H groups in total. The maximum absolute atomic E-state index is 13.7. The monoisotopic (exact) mass is 405 g/mol. The highest BCUT2D eigenvalue weighted by Crippen LogP contribution is 2.37. The Morgan fingerprint density at radius 3 is 2.43 bits per heavy atom. The van der Waals surface area contributed by atoms with Crippen molar-refractivity contribution in [1.82, 2.24) is 15.5 Å². The van der Waals surface area contributed by atoms with Crippen molar-refractivity contribution in [3.63, 3.8) is 0 Å². The van der Waals surface area contributed by atoms with Crippen LogP contribution in [0.15, 0.2) is 48.5 Å². The van der Waals surface area contributed by atoms with Crippen molar-refractivity contribution in [2.75, 3.05) is 6.54 Å². The van der Waals surface area contributed by atoms with Gasteiger partial charge in [-0.05, 0) is 61.8 Å². The molecule has 2 fully saturated rings. The van der Waals surface area contributed by atoms with Crippen molar-refractivity contribution in [1.29, 1.82) is 0 Å². The third-order valence-corrected chi connectivity index (χ3v) is 6.27. The molecule has 1 saturated heterocycles. The maximum atomic E-state index is 13.7. The van der Waals surface area contributed by atoms with Crippen LogP contribution < -0.4 is 10.6 Å². The van der Waals surface area contributed by atoms with Crippen LogP contribution in [0.4, 0.5) is 4.79 Å². The lowest BCUT2D eigenvalue weighted by atomic mass is 9.81. The molecule has 156 valence electrons. The molecule has 0 aromatic heterocycles. The van der Waals surface area contributed by atoms with Gasteiger partial charge in [-0.2, -0.15) is 0 Å². The molecule has 30 heavy (non-hydrogen) atoms. The Labute approximate surface area is 176 Å². The molecule has 2 aromatic carbocycles. The second kappa shape index (κ2) is 7.59. The topological polar surface area (TPSA) is 78.5 Å². The number of urea groups is 1. The van der Waals surface area contributed by atoms with Gasteiger partial charge in [-0.3, -0.25) is 14.5 Å². The van der Waals surface area contributed by atoms with Gasteiger partial charge in [-0.1, -0.05) is 48.5 Å². The van der Waals surface area contributed by atoms with E-state index in [4.69, 9.17) is 0 Å². The fourth-order valence-corrected chi connectivity index (χ4v) is 4.10. The van der Waals surface area contributed by atoms with Crippen LogP contribution in [-0.4, -0.2) is 35.3 Å². The molecule has 1 aliphatic heterocycles. The number of imide groups is 1. The number of amides is 4. The van der Waals surface area contributed by atoms with Gasteiger partial charge in [0.1, 0.15) is 6.54 Å². The number of nitrogens with one attached hydrogen (secondary N) is 2. The van der Waals surface area contributed by atoms with Crippen LogP contribution in [0.3, 0.4) is 0 Å². The number of rotatable bonds is 6. The van der Waals surface area contributed by atoms with E-state index in [2.05, 4.69) is 10.6 Å². The number of hydrogen-bond acceptors (Lipinski definition) is 3. The summed E-state index contributed by atoms with van der Waals surface area (Å²) in [6.07, 6.45) is 2.21. The van der Waals surface area contributed by atoms with Crippen molar-refractivity contribution < 1.29 is 14.4 Å². The Morgan fingerprint density at radius 1 is 1.10 bits per heavy atom. The fourth-order valence-electron chi connectivity index (χ4n) is 4.10. The van der Waals surface area contributed by atoms with Crippen LogP contribution >= 0.6 is 0 Å². The van der Waals surface area contributed by atoms with E-state index in [1.165, 1.54) is 0 Å². The highest BCUT2D eigenvalue weighted by Gasteiger charge is 2.54. The molecular formula is C24H27N3O3. The molecule has 6 nitrogen and oxygen atoms in total. The lowest BCUT2D eigenvalue weighted by Crippen LogP contribution is -2.47. The number of aryl methyl sites for hydroxylation is 2. The summed E-state index contributed by atoms with van der Waals surface area (Å²) in [5.74, 6) is -0.256. The van der Waals surface area contributed by atoms with E-state index < -0.39 is 17.5 Å². The third kappa shape index (κ3) is 3.47. The maximum Gasteiger partial charge on any atom is 0.326 e. The number of hydrogen-bond donors (Lipinski definition) is 2. The summed E-state index contributed by atoms with van der Waals surface area (Å²) < 4.78 is 0. The average Bonchev–Trinajstić information content (AvgIpc) is 3.54. The summed E-state index contributed by atoms with van der Waals surface area (Å²) >= 11 is 0. The van der Waals surface area contributed by atoms with Gasteiger partial charge in [0, 0.05) is 6.04 Å². The molecule has 2 aromatic rings. The molecule has 1 aliphatic carbocycles. The van der Waals surface area contributed by atoms with Crippen molar-refractivity contribution in [3.8, 4) is 0 Å². The lowest BCUT2D eigenvalue weighted by molar-refractivity contribution is -0.134. The molecule has 0 spiro atoms. The van der Waals surface area contributed by atoms with Crippen LogP contribution in [0.1, 0.15) is 42.0 Å². The molecular weight excluding hydrogens is 378 g/mol. The van der Waals surface area contributed by atoms with Gasteiger partial charge >= 0.3 is 6.03 Å². The number of carbonyl (C=O) groups is 3. The van der Waals surface area contributed by atoms with Gasteiger partial charge in [0.15, 0.2) is 5.54 Å². The van der Waals surface area contributed by atoms with Crippen LogP contribution in [0.2, 0.25) is 0 Å². The Kier molecular flexibility index (Phi) is 5.10. The van der Waals surface area contributed by atoms with Gasteiger partial charge in [0.2, 0.25) is 5.91 Å². The summed E-state index contributed by atoms with van der Waals surface area (Å²) in [6.45, 7) is 5.65.